The number of fused-ring (bicyclic) bond motifs is 1. The number of amides is 2. The van der Waals surface area contributed by atoms with Crippen LogP contribution < -0.4 is 10.6 Å². The maximum atomic E-state index is 13.9. The summed E-state index contributed by atoms with van der Waals surface area (Å²) in [7, 11) is 0. The molecular weight excluding hydrogens is 580 g/mol. The van der Waals surface area contributed by atoms with Crippen LogP contribution in [0.1, 0.15) is 76.5 Å². The number of allylic oxidation sites excluding steroid dienone is 1. The molecule has 1 unspecified atom stereocenters. The van der Waals surface area contributed by atoms with Gasteiger partial charge in [0, 0.05) is 24.7 Å². The van der Waals surface area contributed by atoms with Gasteiger partial charge in [-0.2, -0.15) is 0 Å². The molecule has 5 atom stereocenters. The first kappa shape index (κ1) is 34.9. The van der Waals surface area contributed by atoms with E-state index < -0.39 is 41.9 Å². The Balaban J connectivity index is 1.49. The van der Waals surface area contributed by atoms with Gasteiger partial charge >= 0.3 is 5.97 Å². The Morgan fingerprint density at radius 1 is 1.04 bits per heavy atom. The molecule has 1 fully saturated rings. The highest BCUT2D eigenvalue weighted by Gasteiger charge is 2.32. The van der Waals surface area contributed by atoms with Gasteiger partial charge in [0.15, 0.2) is 0 Å². The molecule has 4 rings (SSSR count). The Bertz CT molecular complexity index is 1430. The summed E-state index contributed by atoms with van der Waals surface area (Å²) in [5, 5.41) is 29.4. The van der Waals surface area contributed by atoms with Crippen molar-refractivity contribution in [2.75, 3.05) is 0 Å². The molecule has 0 bridgehead atoms. The summed E-state index contributed by atoms with van der Waals surface area (Å²) in [5.41, 5.74) is 1.51. The van der Waals surface area contributed by atoms with Crippen LogP contribution in [0.5, 0.6) is 0 Å². The number of nitrogens with one attached hydrogen (secondary N) is 3. The fraction of sp³-hybridized carbons (Fsp3) is 0.514. The number of H-pyrrole nitrogens is 1. The zero-order valence-corrected chi connectivity index (χ0v) is 27.2. The third-order valence-corrected chi connectivity index (χ3v) is 9.53. The van der Waals surface area contributed by atoms with Gasteiger partial charge in [-0.25, -0.2) is 4.98 Å². The lowest BCUT2D eigenvalue weighted by Gasteiger charge is -2.33. The molecule has 248 valence electrons. The van der Waals surface area contributed by atoms with Crippen LogP contribution >= 0.6 is 0 Å². The lowest BCUT2D eigenvalue weighted by molar-refractivity contribution is -0.144. The Labute approximate surface area is 272 Å². The molecule has 0 radical (unpaired) electrons. The summed E-state index contributed by atoms with van der Waals surface area (Å²) in [4.78, 5) is 46.7. The lowest BCUT2D eigenvalue weighted by atomic mass is 9.81. The minimum atomic E-state index is -1.07. The highest BCUT2D eigenvalue weighted by atomic mass is 16.4. The van der Waals surface area contributed by atoms with Crippen molar-refractivity contribution >= 4 is 28.6 Å². The summed E-state index contributed by atoms with van der Waals surface area (Å²) in [6.45, 7) is 8.14. The number of nitrogens with zero attached hydrogens (tertiary/aromatic N) is 1. The molecule has 9 nitrogen and oxygen atoms in total. The molecule has 0 spiro atoms. The quantitative estimate of drug-likeness (QED) is 0.123. The van der Waals surface area contributed by atoms with Gasteiger partial charge in [-0.1, -0.05) is 94.5 Å². The number of aromatic amines is 1. The van der Waals surface area contributed by atoms with Crippen LogP contribution in [0.3, 0.4) is 0 Å². The second-order valence-electron chi connectivity index (χ2n) is 13.3. The largest absolute Gasteiger partial charge is 0.481 e. The Hall–Kier alpha value is -3.98. The number of rotatable bonds is 17. The third kappa shape index (κ3) is 10.0. The van der Waals surface area contributed by atoms with E-state index >= 15 is 0 Å². The first-order valence-corrected chi connectivity index (χ1v) is 16.7. The number of aromatic nitrogens is 2. The molecule has 2 amide bonds. The van der Waals surface area contributed by atoms with Gasteiger partial charge in [0.25, 0.3) is 0 Å². The van der Waals surface area contributed by atoms with Crippen molar-refractivity contribution in [3.63, 3.8) is 0 Å². The van der Waals surface area contributed by atoms with Gasteiger partial charge in [-0.3, -0.25) is 14.4 Å². The summed E-state index contributed by atoms with van der Waals surface area (Å²) >= 11 is 0. The van der Waals surface area contributed by atoms with Crippen LogP contribution in [0.25, 0.3) is 10.8 Å². The highest BCUT2D eigenvalue weighted by molar-refractivity contribution is 5.90. The number of imidazole rings is 1. The van der Waals surface area contributed by atoms with Crippen molar-refractivity contribution in [3.05, 3.63) is 78.9 Å². The van der Waals surface area contributed by atoms with Crippen LogP contribution in [-0.2, 0) is 27.2 Å². The maximum Gasteiger partial charge on any atom is 0.307 e. The van der Waals surface area contributed by atoms with Gasteiger partial charge in [0.05, 0.1) is 24.4 Å². The van der Waals surface area contributed by atoms with Crippen LogP contribution in [-0.4, -0.2) is 56.2 Å². The SMILES string of the molecule is C=C[C@@H](C[C@H](O)[C@H](CC1CCCCC1)NC(=O)[C@H](Cc1cnc[nH]1)NC(=O)CC(Cc1cccc2ccccc12)C(=O)O)C(C)C. The Kier molecular flexibility index (Phi) is 13.0. The number of aliphatic hydroxyl groups is 1. The molecule has 9 heteroatoms. The van der Waals surface area contributed by atoms with Crippen molar-refractivity contribution in [1.82, 2.24) is 20.6 Å². The lowest BCUT2D eigenvalue weighted by Crippen LogP contribution is -2.54. The molecule has 1 aliphatic rings. The van der Waals surface area contributed by atoms with Crippen molar-refractivity contribution in [3.8, 4) is 0 Å². The van der Waals surface area contributed by atoms with E-state index in [0.29, 0.717) is 30.4 Å². The van der Waals surface area contributed by atoms with Crippen molar-refractivity contribution in [2.45, 2.75) is 96.2 Å². The predicted molar refractivity (Wildman–Crippen MR) is 180 cm³/mol. The average molecular weight is 631 g/mol. The van der Waals surface area contributed by atoms with Crippen LogP contribution in [0.4, 0.5) is 0 Å². The third-order valence-electron chi connectivity index (χ3n) is 9.53. The van der Waals surface area contributed by atoms with E-state index in [1.165, 1.54) is 12.7 Å². The zero-order chi connectivity index (χ0) is 33.1. The summed E-state index contributed by atoms with van der Waals surface area (Å²) in [5.74, 6) is -2.20. The van der Waals surface area contributed by atoms with Crippen molar-refractivity contribution in [2.24, 2.45) is 23.7 Å². The topological polar surface area (TPSA) is 144 Å². The molecule has 1 aromatic heterocycles. The number of hydrogen-bond acceptors (Lipinski definition) is 5. The molecule has 1 saturated carbocycles. The second-order valence-corrected chi connectivity index (χ2v) is 13.3. The number of carbonyl (C=O) groups is 3. The highest BCUT2D eigenvalue weighted by Crippen LogP contribution is 2.30. The molecule has 2 aromatic carbocycles. The fourth-order valence-corrected chi connectivity index (χ4v) is 6.75. The van der Waals surface area contributed by atoms with Crippen molar-refractivity contribution < 1.29 is 24.6 Å². The van der Waals surface area contributed by atoms with Gasteiger partial charge in [0.1, 0.15) is 6.04 Å². The van der Waals surface area contributed by atoms with Gasteiger partial charge in [-0.15, -0.1) is 6.58 Å². The standard InChI is InChI=1S/C37H50N4O5/c1-4-26(24(2)3)19-34(42)32(17-25-11-6-5-7-12-25)41-36(44)33(21-30-22-38-23-39-30)40-35(43)20-29(37(45)46)18-28-15-10-14-27-13-8-9-16-31(27)28/h4,8-10,13-16,22-26,29,32-34,42H,1,5-7,11-12,17-21H2,2-3H3,(H,38,39)(H,40,43)(H,41,44)(H,45,46)/t26-,29?,32-,33-,34-/m0/s1. The van der Waals surface area contributed by atoms with E-state index in [4.69, 9.17) is 0 Å². The second kappa shape index (κ2) is 17.1. The van der Waals surface area contributed by atoms with Crippen LogP contribution in [0, 0.1) is 23.7 Å². The zero-order valence-electron chi connectivity index (χ0n) is 27.2. The van der Waals surface area contributed by atoms with Crippen LogP contribution in [0.15, 0.2) is 67.6 Å². The van der Waals surface area contributed by atoms with E-state index in [-0.39, 0.29) is 25.2 Å². The van der Waals surface area contributed by atoms with Crippen LogP contribution in [0.2, 0.25) is 0 Å². The molecule has 1 heterocycles. The summed E-state index contributed by atoms with van der Waals surface area (Å²) in [6, 6.07) is 12.0. The molecule has 3 aromatic rings. The number of aliphatic hydroxyl groups excluding tert-OH is 1. The van der Waals surface area contributed by atoms with E-state index in [2.05, 4.69) is 41.0 Å². The monoisotopic (exact) mass is 630 g/mol. The predicted octanol–water partition coefficient (Wildman–Crippen LogP) is 5.59. The Morgan fingerprint density at radius 2 is 1.78 bits per heavy atom. The van der Waals surface area contributed by atoms with E-state index in [1.807, 2.05) is 48.5 Å². The number of aliphatic carboxylic acids is 1. The maximum absolute atomic E-state index is 13.9. The minimum absolute atomic E-state index is 0.0935. The normalized spacial score (nSPS) is 17.1. The average Bonchev–Trinajstić information content (AvgIpc) is 3.56. The first-order valence-electron chi connectivity index (χ1n) is 16.7. The molecule has 5 N–H and O–H groups in total. The van der Waals surface area contributed by atoms with E-state index in [9.17, 15) is 24.6 Å². The van der Waals surface area contributed by atoms with Gasteiger partial charge in [-0.05, 0) is 53.4 Å². The Morgan fingerprint density at radius 3 is 2.46 bits per heavy atom. The summed E-state index contributed by atoms with van der Waals surface area (Å²) < 4.78 is 0. The summed E-state index contributed by atoms with van der Waals surface area (Å²) in [6.07, 6.45) is 11.0. The molecule has 46 heavy (non-hydrogen) atoms. The number of carboxylic acid groups (broad SMARTS) is 1. The van der Waals surface area contributed by atoms with E-state index in [1.54, 1.807) is 6.20 Å². The molecule has 0 saturated heterocycles. The molecule has 0 aliphatic heterocycles. The minimum Gasteiger partial charge on any atom is -0.481 e. The van der Waals surface area contributed by atoms with Gasteiger partial charge < -0.3 is 25.8 Å². The van der Waals surface area contributed by atoms with E-state index in [0.717, 1.165) is 42.0 Å². The fourth-order valence-electron chi connectivity index (χ4n) is 6.75. The number of carbonyl (C=O) groups excluding carboxylic acids is 2. The smallest absolute Gasteiger partial charge is 0.307 e. The van der Waals surface area contributed by atoms with Crippen molar-refractivity contribution in [1.29, 1.82) is 0 Å². The number of hydrogen-bond donors (Lipinski definition) is 5. The van der Waals surface area contributed by atoms with Gasteiger partial charge in [0.2, 0.25) is 11.8 Å². The number of benzene rings is 2. The number of carboxylic acids is 1. The molecule has 1 aliphatic carbocycles. The first-order chi connectivity index (χ1) is 22.1. The molecular formula is C37H50N4O5.